The molecule has 0 aromatic heterocycles. The van der Waals surface area contributed by atoms with Gasteiger partial charge in [0.25, 0.3) is 0 Å². The van der Waals surface area contributed by atoms with Gasteiger partial charge in [0.1, 0.15) is 0 Å². The van der Waals surface area contributed by atoms with E-state index in [1.807, 2.05) is 6.92 Å². The first kappa shape index (κ1) is 12.1. The van der Waals surface area contributed by atoms with Crippen LogP contribution in [0.15, 0.2) is 24.5 Å². The van der Waals surface area contributed by atoms with Crippen LogP contribution in [-0.4, -0.2) is 5.97 Å². The molecule has 4 heteroatoms. The number of allylic oxidation sites excluding steroid dienone is 1. The fourth-order valence-corrected chi connectivity index (χ4v) is 1.15. The van der Waals surface area contributed by atoms with Gasteiger partial charge in [-0.1, -0.05) is 6.92 Å². The Kier molecular flexibility index (Phi) is 3.94. The van der Waals surface area contributed by atoms with Crippen molar-refractivity contribution in [3.63, 3.8) is 0 Å². The van der Waals surface area contributed by atoms with Crippen LogP contribution in [0.5, 0.6) is 0 Å². The van der Waals surface area contributed by atoms with Crippen LogP contribution in [0.25, 0.3) is 0 Å². The molecule has 0 radical (unpaired) electrons. The highest BCUT2D eigenvalue weighted by Gasteiger charge is 2.09. The summed E-state index contributed by atoms with van der Waals surface area (Å²) in [6.07, 6.45) is 3.93. The third-order valence-corrected chi connectivity index (χ3v) is 2.23. The maximum absolute atomic E-state index is 11.6. The van der Waals surface area contributed by atoms with Gasteiger partial charge in [-0.2, -0.15) is 0 Å². The smallest absolute Gasteiger partial charge is 0.343 e. The van der Waals surface area contributed by atoms with Crippen LogP contribution in [0.4, 0.5) is 11.4 Å². The molecule has 0 atom stereocenters. The van der Waals surface area contributed by atoms with E-state index >= 15 is 0 Å². The number of esters is 1. The maximum atomic E-state index is 11.6. The van der Waals surface area contributed by atoms with Crippen LogP contribution >= 0.6 is 0 Å². The van der Waals surface area contributed by atoms with E-state index in [1.165, 1.54) is 6.26 Å². The molecule has 16 heavy (non-hydrogen) atoms. The van der Waals surface area contributed by atoms with Gasteiger partial charge in [0.05, 0.1) is 11.8 Å². The van der Waals surface area contributed by atoms with Crippen molar-refractivity contribution < 1.29 is 9.53 Å². The molecular formula is C12H16N2O2. The first-order valence-corrected chi connectivity index (χ1v) is 5.07. The van der Waals surface area contributed by atoms with Crippen molar-refractivity contribution in [1.82, 2.24) is 0 Å². The summed E-state index contributed by atoms with van der Waals surface area (Å²) < 4.78 is 4.89. The highest BCUT2D eigenvalue weighted by molar-refractivity contribution is 5.92. The van der Waals surface area contributed by atoms with Crippen molar-refractivity contribution in [2.45, 2.75) is 20.3 Å². The summed E-state index contributed by atoms with van der Waals surface area (Å²) in [7, 11) is 0. The van der Waals surface area contributed by atoms with Crippen LogP contribution in [0, 0.1) is 6.92 Å². The van der Waals surface area contributed by atoms with Gasteiger partial charge in [-0.25, -0.2) is 4.79 Å². The second-order valence-corrected chi connectivity index (χ2v) is 3.47. The van der Waals surface area contributed by atoms with Gasteiger partial charge in [-0.15, -0.1) is 0 Å². The summed E-state index contributed by atoms with van der Waals surface area (Å²) in [4.78, 5) is 11.6. The molecule has 0 spiro atoms. The summed E-state index contributed by atoms with van der Waals surface area (Å²) in [6, 6.07) is 3.13. The topological polar surface area (TPSA) is 78.3 Å². The number of anilines is 2. The lowest BCUT2D eigenvalue weighted by Gasteiger charge is -2.07. The van der Waals surface area contributed by atoms with Crippen molar-refractivity contribution in [1.29, 1.82) is 0 Å². The Morgan fingerprint density at radius 1 is 1.38 bits per heavy atom. The van der Waals surface area contributed by atoms with Gasteiger partial charge in [0, 0.05) is 11.4 Å². The van der Waals surface area contributed by atoms with Gasteiger partial charge >= 0.3 is 5.97 Å². The SMILES string of the molecule is CCC=COC(=O)c1cc(N)c(C)c(N)c1. The van der Waals surface area contributed by atoms with Crippen LogP contribution in [0.2, 0.25) is 0 Å². The van der Waals surface area contributed by atoms with Gasteiger partial charge in [-0.3, -0.25) is 0 Å². The zero-order valence-electron chi connectivity index (χ0n) is 9.49. The van der Waals surface area contributed by atoms with E-state index in [0.29, 0.717) is 16.9 Å². The average molecular weight is 220 g/mol. The Hall–Kier alpha value is -1.97. The number of ether oxygens (including phenoxy) is 1. The molecule has 1 aromatic carbocycles. The molecule has 86 valence electrons. The number of carbonyl (C=O) groups excluding carboxylic acids is 1. The van der Waals surface area contributed by atoms with E-state index in [-0.39, 0.29) is 0 Å². The Morgan fingerprint density at radius 3 is 2.44 bits per heavy atom. The molecule has 0 unspecified atom stereocenters. The number of hydrogen-bond acceptors (Lipinski definition) is 4. The zero-order valence-corrected chi connectivity index (χ0v) is 9.49. The molecule has 0 saturated heterocycles. The van der Waals surface area contributed by atoms with Gasteiger partial charge in [0.2, 0.25) is 0 Å². The number of carbonyl (C=O) groups is 1. The largest absolute Gasteiger partial charge is 0.431 e. The molecule has 0 bridgehead atoms. The summed E-state index contributed by atoms with van der Waals surface area (Å²) in [5.41, 5.74) is 13.5. The quantitative estimate of drug-likeness (QED) is 0.465. The Morgan fingerprint density at radius 2 is 1.94 bits per heavy atom. The van der Waals surface area contributed by atoms with Crippen molar-refractivity contribution in [2.24, 2.45) is 0 Å². The van der Waals surface area contributed by atoms with Gasteiger partial charge in [-0.05, 0) is 37.1 Å². The average Bonchev–Trinajstić information content (AvgIpc) is 2.25. The molecule has 4 N–H and O–H groups in total. The Bertz CT molecular complexity index is 402. The number of benzene rings is 1. The normalized spacial score (nSPS) is 10.6. The third-order valence-electron chi connectivity index (χ3n) is 2.23. The van der Waals surface area contributed by atoms with E-state index in [9.17, 15) is 4.79 Å². The lowest BCUT2D eigenvalue weighted by Crippen LogP contribution is -2.05. The van der Waals surface area contributed by atoms with Crippen molar-refractivity contribution in [2.75, 3.05) is 11.5 Å². The molecule has 0 amide bonds. The predicted molar refractivity (Wildman–Crippen MR) is 64.9 cm³/mol. The summed E-state index contributed by atoms with van der Waals surface area (Å²) in [5.74, 6) is -0.455. The Balaban J connectivity index is 2.88. The minimum Gasteiger partial charge on any atom is -0.431 e. The standard InChI is InChI=1S/C12H16N2O2/c1-3-4-5-16-12(15)9-6-10(13)8(2)11(14)7-9/h4-7H,3,13-14H2,1-2H3. The molecule has 0 heterocycles. The molecule has 1 rings (SSSR count). The highest BCUT2D eigenvalue weighted by Crippen LogP contribution is 2.21. The molecule has 0 aliphatic rings. The first-order chi connectivity index (χ1) is 7.56. The van der Waals surface area contributed by atoms with E-state index in [4.69, 9.17) is 16.2 Å². The van der Waals surface area contributed by atoms with Crippen molar-refractivity contribution >= 4 is 17.3 Å². The van der Waals surface area contributed by atoms with Crippen LogP contribution < -0.4 is 11.5 Å². The van der Waals surface area contributed by atoms with E-state index in [1.54, 1.807) is 25.1 Å². The second-order valence-electron chi connectivity index (χ2n) is 3.47. The minimum atomic E-state index is -0.455. The van der Waals surface area contributed by atoms with Gasteiger partial charge < -0.3 is 16.2 Å². The monoisotopic (exact) mass is 220 g/mol. The molecular weight excluding hydrogens is 204 g/mol. The summed E-state index contributed by atoms with van der Waals surface area (Å²) in [5, 5.41) is 0. The fourth-order valence-electron chi connectivity index (χ4n) is 1.15. The van der Waals surface area contributed by atoms with Crippen molar-refractivity contribution in [3.05, 3.63) is 35.6 Å². The number of rotatable bonds is 3. The van der Waals surface area contributed by atoms with Crippen LogP contribution in [0.3, 0.4) is 0 Å². The van der Waals surface area contributed by atoms with Crippen molar-refractivity contribution in [3.8, 4) is 0 Å². The summed E-state index contributed by atoms with van der Waals surface area (Å²) >= 11 is 0. The van der Waals surface area contributed by atoms with E-state index in [0.717, 1.165) is 12.0 Å². The Labute approximate surface area is 94.9 Å². The van der Waals surface area contributed by atoms with Crippen LogP contribution in [-0.2, 0) is 4.74 Å². The number of nitrogen functional groups attached to an aromatic ring is 2. The number of nitrogens with two attached hydrogens (primary N) is 2. The molecule has 0 aliphatic carbocycles. The van der Waals surface area contributed by atoms with E-state index in [2.05, 4.69) is 0 Å². The molecule has 0 fully saturated rings. The molecule has 4 nitrogen and oxygen atoms in total. The fraction of sp³-hybridized carbons (Fsp3) is 0.250. The lowest BCUT2D eigenvalue weighted by molar-refractivity contribution is 0.0662. The molecule has 1 aromatic rings. The van der Waals surface area contributed by atoms with E-state index < -0.39 is 5.97 Å². The number of hydrogen-bond donors (Lipinski definition) is 2. The second kappa shape index (κ2) is 5.21. The zero-order chi connectivity index (χ0) is 12.1. The third kappa shape index (κ3) is 2.76. The highest BCUT2D eigenvalue weighted by atomic mass is 16.5. The summed E-state index contributed by atoms with van der Waals surface area (Å²) in [6.45, 7) is 3.75. The molecule has 0 aliphatic heterocycles. The lowest BCUT2D eigenvalue weighted by atomic mass is 10.1. The van der Waals surface area contributed by atoms with Crippen LogP contribution in [0.1, 0.15) is 29.3 Å². The van der Waals surface area contributed by atoms with Gasteiger partial charge in [0.15, 0.2) is 0 Å². The minimum absolute atomic E-state index is 0.362. The predicted octanol–water partition coefficient (Wildman–Crippen LogP) is 2.24. The molecule has 0 saturated carbocycles. The maximum Gasteiger partial charge on any atom is 0.343 e. The first-order valence-electron chi connectivity index (χ1n) is 5.07.